The number of likely N-dealkylation sites (N-methyl/N-ethyl adjacent to an activating group) is 1. The summed E-state index contributed by atoms with van der Waals surface area (Å²) in [6, 6.07) is 6.87. The van der Waals surface area contributed by atoms with E-state index in [1.54, 1.807) is 40.0 Å². The maximum absolute atomic E-state index is 13.0. The van der Waals surface area contributed by atoms with Crippen LogP contribution in [-0.4, -0.2) is 54.3 Å². The van der Waals surface area contributed by atoms with E-state index in [4.69, 9.17) is 4.74 Å². The second kappa shape index (κ2) is 9.52. The van der Waals surface area contributed by atoms with Gasteiger partial charge in [0.15, 0.2) is 5.78 Å². The van der Waals surface area contributed by atoms with E-state index in [1.807, 2.05) is 31.0 Å². The Morgan fingerprint density at radius 2 is 1.79 bits per heavy atom. The van der Waals surface area contributed by atoms with Gasteiger partial charge in [-0.15, -0.1) is 0 Å². The van der Waals surface area contributed by atoms with Crippen molar-refractivity contribution in [2.24, 2.45) is 0 Å². The Labute approximate surface area is 171 Å². The first kappa shape index (κ1) is 22.4. The van der Waals surface area contributed by atoms with Crippen LogP contribution in [0.3, 0.4) is 0 Å². The maximum Gasteiger partial charge on any atom is 0.340 e. The van der Waals surface area contributed by atoms with Crippen LogP contribution >= 0.6 is 0 Å². The number of amides is 1. The summed E-state index contributed by atoms with van der Waals surface area (Å²) in [5, 5.41) is 2.59. The molecule has 1 aromatic carbocycles. The van der Waals surface area contributed by atoms with Gasteiger partial charge in [0.05, 0.1) is 23.9 Å². The largest absolute Gasteiger partial charge is 0.462 e. The molecule has 156 valence electrons. The third-order valence-electron chi connectivity index (χ3n) is 5.08. The standard InChI is InChI=1S/C22H29N3O4/c1-7-29-22(28)18-13(2)19(24-14(18)3)20(26)15(4)25(6)12-16-8-10-17(11-9-16)21(27)23-5/h8-11,15,24H,7,12H2,1-6H3,(H,23,27)/t15-/m0/s1. The van der Waals surface area contributed by atoms with E-state index in [2.05, 4.69) is 10.3 Å². The Balaban J connectivity index is 2.14. The van der Waals surface area contributed by atoms with Crippen LogP contribution in [0.1, 0.15) is 61.9 Å². The highest BCUT2D eigenvalue weighted by molar-refractivity contribution is 6.03. The van der Waals surface area contributed by atoms with Gasteiger partial charge in [0.1, 0.15) is 0 Å². The molecule has 1 atom stereocenters. The van der Waals surface area contributed by atoms with Crippen molar-refractivity contribution in [1.29, 1.82) is 0 Å². The highest BCUT2D eigenvalue weighted by atomic mass is 16.5. The van der Waals surface area contributed by atoms with E-state index in [1.165, 1.54) is 0 Å². The van der Waals surface area contributed by atoms with Gasteiger partial charge in [-0.05, 0) is 58.0 Å². The number of carbonyl (C=O) groups excluding carboxylic acids is 3. The minimum absolute atomic E-state index is 0.0920. The number of aryl methyl sites for hydroxylation is 1. The lowest BCUT2D eigenvalue weighted by atomic mass is 10.0. The fourth-order valence-corrected chi connectivity index (χ4v) is 3.25. The highest BCUT2D eigenvalue weighted by Gasteiger charge is 2.27. The minimum atomic E-state index is -0.421. The molecule has 2 rings (SSSR count). The molecule has 0 aliphatic carbocycles. The van der Waals surface area contributed by atoms with Crippen molar-refractivity contribution >= 4 is 17.7 Å². The zero-order valence-electron chi connectivity index (χ0n) is 17.9. The van der Waals surface area contributed by atoms with Crippen LogP contribution in [0.15, 0.2) is 24.3 Å². The number of hydrogen-bond donors (Lipinski definition) is 2. The maximum atomic E-state index is 13.0. The first-order valence-electron chi connectivity index (χ1n) is 9.62. The zero-order valence-corrected chi connectivity index (χ0v) is 17.9. The van der Waals surface area contributed by atoms with Gasteiger partial charge < -0.3 is 15.0 Å². The van der Waals surface area contributed by atoms with Gasteiger partial charge in [-0.2, -0.15) is 0 Å². The number of ether oxygens (including phenoxy) is 1. The Morgan fingerprint density at radius 3 is 2.34 bits per heavy atom. The monoisotopic (exact) mass is 399 g/mol. The predicted molar refractivity (Wildman–Crippen MR) is 111 cm³/mol. The fraction of sp³-hybridized carbons (Fsp3) is 0.409. The average Bonchev–Trinajstić information content (AvgIpc) is 3.00. The smallest absolute Gasteiger partial charge is 0.340 e. The number of H-pyrrole nitrogens is 1. The number of Topliss-reactive ketones (excluding diaryl/α,β-unsaturated/α-hetero) is 1. The lowest BCUT2D eigenvalue weighted by Crippen LogP contribution is -2.36. The number of nitrogens with zero attached hydrogens (tertiary/aromatic N) is 1. The van der Waals surface area contributed by atoms with Crippen LogP contribution in [0.2, 0.25) is 0 Å². The van der Waals surface area contributed by atoms with E-state index in [0.29, 0.717) is 34.6 Å². The molecule has 1 amide bonds. The number of benzene rings is 1. The summed E-state index contributed by atoms with van der Waals surface area (Å²) in [6.45, 7) is 7.93. The van der Waals surface area contributed by atoms with E-state index in [-0.39, 0.29) is 18.3 Å². The van der Waals surface area contributed by atoms with Crippen molar-refractivity contribution in [3.8, 4) is 0 Å². The van der Waals surface area contributed by atoms with Crippen molar-refractivity contribution in [1.82, 2.24) is 15.2 Å². The van der Waals surface area contributed by atoms with Gasteiger partial charge in [-0.1, -0.05) is 12.1 Å². The molecule has 7 heteroatoms. The molecule has 29 heavy (non-hydrogen) atoms. The molecule has 0 saturated heterocycles. The van der Waals surface area contributed by atoms with Crippen molar-refractivity contribution in [3.63, 3.8) is 0 Å². The summed E-state index contributed by atoms with van der Waals surface area (Å²) in [7, 11) is 3.46. The molecule has 0 bridgehead atoms. The lowest BCUT2D eigenvalue weighted by molar-refractivity contribution is 0.0524. The Morgan fingerprint density at radius 1 is 1.17 bits per heavy atom. The highest BCUT2D eigenvalue weighted by Crippen LogP contribution is 2.22. The van der Waals surface area contributed by atoms with E-state index in [0.717, 1.165) is 5.56 Å². The van der Waals surface area contributed by atoms with Crippen LogP contribution in [0, 0.1) is 13.8 Å². The average molecular weight is 399 g/mol. The Bertz CT molecular complexity index is 900. The van der Waals surface area contributed by atoms with Crippen molar-refractivity contribution in [2.75, 3.05) is 20.7 Å². The molecule has 0 aliphatic heterocycles. The third-order valence-corrected chi connectivity index (χ3v) is 5.08. The lowest BCUT2D eigenvalue weighted by Gasteiger charge is -2.23. The number of aromatic nitrogens is 1. The number of esters is 1. The van der Waals surface area contributed by atoms with Crippen LogP contribution < -0.4 is 5.32 Å². The second-order valence-corrected chi connectivity index (χ2v) is 7.08. The van der Waals surface area contributed by atoms with E-state index >= 15 is 0 Å². The van der Waals surface area contributed by atoms with Crippen LogP contribution in [0.25, 0.3) is 0 Å². The molecule has 7 nitrogen and oxygen atoms in total. The van der Waals surface area contributed by atoms with Crippen molar-refractivity contribution < 1.29 is 19.1 Å². The normalized spacial score (nSPS) is 12.0. The summed E-state index contributed by atoms with van der Waals surface area (Å²) >= 11 is 0. The number of nitrogens with one attached hydrogen (secondary N) is 2. The number of ketones is 1. The second-order valence-electron chi connectivity index (χ2n) is 7.08. The molecule has 0 fully saturated rings. The molecule has 2 aromatic rings. The quantitative estimate of drug-likeness (QED) is 0.526. The number of aromatic amines is 1. The summed E-state index contributed by atoms with van der Waals surface area (Å²) in [4.78, 5) is 41.9. The first-order chi connectivity index (χ1) is 13.7. The van der Waals surface area contributed by atoms with E-state index < -0.39 is 12.0 Å². The molecule has 0 unspecified atom stereocenters. The SMILES string of the molecule is CCOC(=O)c1c(C)[nH]c(C(=O)[C@H](C)N(C)Cc2ccc(C(=O)NC)cc2)c1C. The number of carbonyl (C=O) groups is 3. The molecule has 0 aliphatic rings. The summed E-state index contributed by atoms with van der Waals surface area (Å²) < 4.78 is 5.10. The van der Waals surface area contributed by atoms with Crippen molar-refractivity contribution in [3.05, 3.63) is 57.9 Å². The van der Waals surface area contributed by atoms with Crippen molar-refractivity contribution in [2.45, 2.75) is 40.3 Å². The van der Waals surface area contributed by atoms with Crippen LogP contribution in [0.4, 0.5) is 0 Å². The van der Waals surface area contributed by atoms with Crippen LogP contribution in [0.5, 0.6) is 0 Å². The Kier molecular flexibility index (Phi) is 7.34. The first-order valence-corrected chi connectivity index (χ1v) is 9.62. The zero-order chi connectivity index (χ0) is 21.7. The molecule has 1 aromatic heterocycles. The number of rotatable bonds is 8. The predicted octanol–water partition coefficient (Wildman–Crippen LogP) is 2.87. The van der Waals surface area contributed by atoms with Gasteiger partial charge >= 0.3 is 5.97 Å². The molecule has 0 saturated carbocycles. The van der Waals surface area contributed by atoms with Gasteiger partial charge in [-0.25, -0.2) is 4.79 Å². The van der Waals surface area contributed by atoms with Crippen LogP contribution in [-0.2, 0) is 11.3 Å². The van der Waals surface area contributed by atoms with Gasteiger partial charge in [0, 0.05) is 24.8 Å². The third kappa shape index (κ3) is 4.92. The van der Waals surface area contributed by atoms with Gasteiger partial charge in [-0.3, -0.25) is 14.5 Å². The summed E-state index contributed by atoms with van der Waals surface area (Å²) in [6.07, 6.45) is 0. The molecule has 2 N–H and O–H groups in total. The number of hydrogen-bond acceptors (Lipinski definition) is 5. The minimum Gasteiger partial charge on any atom is -0.462 e. The van der Waals surface area contributed by atoms with E-state index in [9.17, 15) is 14.4 Å². The topological polar surface area (TPSA) is 91.5 Å². The van der Waals surface area contributed by atoms with Gasteiger partial charge in [0.25, 0.3) is 5.91 Å². The summed E-state index contributed by atoms with van der Waals surface area (Å²) in [5.74, 6) is -0.649. The summed E-state index contributed by atoms with van der Waals surface area (Å²) in [5.41, 5.74) is 3.68. The molecule has 1 heterocycles. The fourth-order valence-electron chi connectivity index (χ4n) is 3.25. The molecule has 0 spiro atoms. The molecule has 0 radical (unpaired) electrons. The molecular formula is C22H29N3O4. The molecular weight excluding hydrogens is 370 g/mol. The Hall–Kier alpha value is -2.93. The van der Waals surface area contributed by atoms with Gasteiger partial charge in [0.2, 0.25) is 0 Å².